The lowest BCUT2D eigenvalue weighted by Gasteiger charge is -2.31. The van der Waals surface area contributed by atoms with Gasteiger partial charge >= 0.3 is 0 Å². The van der Waals surface area contributed by atoms with E-state index in [0.29, 0.717) is 12.1 Å². The van der Waals surface area contributed by atoms with Crippen molar-refractivity contribution in [1.29, 1.82) is 0 Å². The smallest absolute Gasteiger partial charge is 0.109 e. The Labute approximate surface area is 108 Å². The summed E-state index contributed by atoms with van der Waals surface area (Å²) in [6, 6.07) is 0.983. The number of aromatic nitrogens is 1. The highest BCUT2D eigenvalue weighted by Crippen LogP contribution is 2.20. The van der Waals surface area contributed by atoms with Gasteiger partial charge in [-0.25, -0.2) is 4.98 Å². The van der Waals surface area contributed by atoms with Gasteiger partial charge in [0.2, 0.25) is 0 Å². The van der Waals surface area contributed by atoms with Crippen LogP contribution in [0, 0.1) is 12.8 Å². The zero-order valence-corrected chi connectivity index (χ0v) is 11.8. The molecule has 0 aromatic carbocycles. The Balaban J connectivity index is 1.81. The Kier molecular flexibility index (Phi) is 4.54. The van der Waals surface area contributed by atoms with E-state index in [2.05, 4.69) is 36.4 Å². The van der Waals surface area contributed by atoms with Crippen LogP contribution in [0.3, 0.4) is 0 Å². The maximum Gasteiger partial charge on any atom is 0.109 e. The second-order valence-corrected chi connectivity index (χ2v) is 6.39. The summed E-state index contributed by atoms with van der Waals surface area (Å²) in [6.07, 6.45) is 4.63. The van der Waals surface area contributed by atoms with Crippen molar-refractivity contribution in [1.82, 2.24) is 15.6 Å². The number of rotatable bonds is 4. The van der Waals surface area contributed by atoms with Gasteiger partial charge in [-0.3, -0.25) is 0 Å². The summed E-state index contributed by atoms with van der Waals surface area (Å²) in [5.41, 5.74) is 0. The summed E-state index contributed by atoms with van der Waals surface area (Å²) in [5, 5.41) is 8.40. The molecule has 3 unspecified atom stereocenters. The van der Waals surface area contributed by atoms with E-state index in [0.717, 1.165) is 12.5 Å². The lowest BCUT2D eigenvalue weighted by molar-refractivity contribution is 0.284. The van der Waals surface area contributed by atoms with Crippen LogP contribution in [0.1, 0.15) is 42.6 Å². The fourth-order valence-corrected chi connectivity index (χ4v) is 3.15. The zero-order chi connectivity index (χ0) is 12.3. The van der Waals surface area contributed by atoms with Crippen molar-refractivity contribution >= 4 is 11.3 Å². The number of hydrogen-bond acceptors (Lipinski definition) is 4. The van der Waals surface area contributed by atoms with Crippen LogP contribution in [0.25, 0.3) is 0 Å². The average Bonchev–Trinajstić information content (AvgIpc) is 2.74. The number of hydrogen-bond donors (Lipinski definition) is 2. The van der Waals surface area contributed by atoms with Crippen molar-refractivity contribution in [2.75, 3.05) is 13.1 Å². The molecule has 2 N–H and O–H groups in total. The minimum atomic E-state index is 0.365. The predicted octanol–water partition coefficient (Wildman–Crippen LogP) is 2.49. The van der Waals surface area contributed by atoms with Gasteiger partial charge in [-0.15, -0.1) is 11.3 Å². The summed E-state index contributed by atoms with van der Waals surface area (Å²) in [7, 11) is 0. The molecule has 1 aliphatic heterocycles. The maximum atomic E-state index is 4.43. The average molecular weight is 253 g/mol. The predicted molar refractivity (Wildman–Crippen MR) is 73.5 cm³/mol. The van der Waals surface area contributed by atoms with E-state index in [4.69, 9.17) is 0 Å². The first-order valence-corrected chi connectivity index (χ1v) is 7.37. The third-order valence-electron chi connectivity index (χ3n) is 3.58. The Morgan fingerprint density at radius 1 is 1.65 bits per heavy atom. The van der Waals surface area contributed by atoms with E-state index in [1.165, 1.54) is 29.3 Å². The summed E-state index contributed by atoms with van der Waals surface area (Å²) in [4.78, 5) is 5.72. The van der Waals surface area contributed by atoms with Gasteiger partial charge in [-0.05, 0) is 39.2 Å². The van der Waals surface area contributed by atoms with E-state index >= 15 is 0 Å². The quantitative estimate of drug-likeness (QED) is 0.865. The van der Waals surface area contributed by atoms with Crippen molar-refractivity contribution in [2.45, 2.75) is 45.7 Å². The molecule has 0 saturated carbocycles. The molecule has 96 valence electrons. The molecule has 3 nitrogen and oxygen atoms in total. The van der Waals surface area contributed by atoms with Crippen LogP contribution in [0.5, 0.6) is 0 Å². The van der Waals surface area contributed by atoms with Crippen LogP contribution in [0.15, 0.2) is 6.20 Å². The molecule has 0 spiro atoms. The fraction of sp³-hybridized carbons (Fsp3) is 0.769. The molecular formula is C13H23N3S. The van der Waals surface area contributed by atoms with E-state index in [9.17, 15) is 0 Å². The molecule has 4 heteroatoms. The van der Waals surface area contributed by atoms with E-state index in [1.807, 2.05) is 6.20 Å². The minimum absolute atomic E-state index is 0.365. The van der Waals surface area contributed by atoms with Gasteiger partial charge in [0.1, 0.15) is 5.01 Å². The molecule has 0 aliphatic carbocycles. The Morgan fingerprint density at radius 2 is 2.47 bits per heavy atom. The van der Waals surface area contributed by atoms with Crippen LogP contribution in [0.4, 0.5) is 0 Å². The minimum Gasteiger partial charge on any atom is -0.312 e. The Bertz CT molecular complexity index is 350. The monoisotopic (exact) mass is 253 g/mol. The van der Waals surface area contributed by atoms with Crippen LogP contribution >= 0.6 is 11.3 Å². The molecule has 0 bridgehead atoms. The molecule has 17 heavy (non-hydrogen) atoms. The third kappa shape index (κ3) is 3.50. The maximum absolute atomic E-state index is 4.43. The number of nitrogens with one attached hydrogen (secondary N) is 2. The van der Waals surface area contributed by atoms with E-state index < -0.39 is 0 Å². The van der Waals surface area contributed by atoms with Crippen LogP contribution < -0.4 is 10.6 Å². The number of piperidine rings is 1. The normalized spacial score (nSPS) is 27.0. The van der Waals surface area contributed by atoms with Crippen molar-refractivity contribution in [2.24, 2.45) is 5.92 Å². The van der Waals surface area contributed by atoms with Crippen LogP contribution in [0.2, 0.25) is 0 Å². The largest absolute Gasteiger partial charge is 0.312 e. The molecule has 1 aromatic heterocycles. The van der Waals surface area contributed by atoms with Crippen LogP contribution in [-0.2, 0) is 0 Å². The molecule has 0 radical (unpaired) electrons. The van der Waals surface area contributed by atoms with Gasteiger partial charge in [0, 0.05) is 23.7 Å². The van der Waals surface area contributed by atoms with Gasteiger partial charge in [-0.1, -0.05) is 6.92 Å². The molecule has 2 rings (SSSR count). The van der Waals surface area contributed by atoms with E-state index in [-0.39, 0.29) is 0 Å². The highest BCUT2D eigenvalue weighted by molar-refractivity contribution is 7.11. The molecule has 1 saturated heterocycles. The van der Waals surface area contributed by atoms with E-state index in [1.54, 1.807) is 11.3 Å². The van der Waals surface area contributed by atoms with Crippen LogP contribution in [-0.4, -0.2) is 24.1 Å². The number of aryl methyl sites for hydroxylation is 1. The summed E-state index contributed by atoms with van der Waals surface area (Å²) in [5.74, 6) is 0.779. The van der Waals surface area contributed by atoms with Crippen molar-refractivity contribution < 1.29 is 0 Å². The first-order valence-electron chi connectivity index (χ1n) is 6.56. The van der Waals surface area contributed by atoms with Gasteiger partial charge in [-0.2, -0.15) is 0 Å². The highest BCUT2D eigenvalue weighted by Gasteiger charge is 2.21. The van der Waals surface area contributed by atoms with Gasteiger partial charge in [0.15, 0.2) is 0 Å². The fourth-order valence-electron chi connectivity index (χ4n) is 2.35. The lowest BCUT2D eigenvalue weighted by Crippen LogP contribution is -2.47. The molecule has 1 aromatic rings. The second-order valence-electron chi connectivity index (χ2n) is 5.12. The van der Waals surface area contributed by atoms with Crippen molar-refractivity contribution in [3.8, 4) is 0 Å². The first kappa shape index (κ1) is 13.0. The summed E-state index contributed by atoms with van der Waals surface area (Å²) in [6.45, 7) is 8.86. The summed E-state index contributed by atoms with van der Waals surface area (Å²) >= 11 is 1.79. The Morgan fingerprint density at radius 3 is 3.12 bits per heavy atom. The molecule has 0 amide bonds. The SMILES string of the molecule is Cc1cnc(C(C)NCC2NCCCC2C)s1. The summed E-state index contributed by atoms with van der Waals surface area (Å²) < 4.78 is 0. The van der Waals surface area contributed by atoms with Gasteiger partial charge in [0.25, 0.3) is 0 Å². The van der Waals surface area contributed by atoms with Crippen molar-refractivity contribution in [3.63, 3.8) is 0 Å². The van der Waals surface area contributed by atoms with Crippen molar-refractivity contribution in [3.05, 3.63) is 16.1 Å². The first-order chi connectivity index (χ1) is 8.16. The molecule has 1 fully saturated rings. The number of nitrogens with zero attached hydrogens (tertiary/aromatic N) is 1. The standard InChI is InChI=1S/C13H23N3S/c1-9-5-4-6-14-12(9)8-15-11(3)13-16-7-10(2)17-13/h7,9,11-12,14-15H,4-6,8H2,1-3H3. The molecule has 1 aliphatic rings. The highest BCUT2D eigenvalue weighted by atomic mass is 32.1. The lowest BCUT2D eigenvalue weighted by atomic mass is 9.92. The second kappa shape index (κ2) is 5.94. The van der Waals surface area contributed by atoms with Gasteiger partial charge in [0.05, 0.1) is 6.04 Å². The zero-order valence-electron chi connectivity index (χ0n) is 11.0. The topological polar surface area (TPSA) is 37.0 Å². The molecule has 2 heterocycles. The van der Waals surface area contributed by atoms with Gasteiger partial charge < -0.3 is 10.6 Å². The third-order valence-corrected chi connectivity index (χ3v) is 4.68. The molecular weight excluding hydrogens is 230 g/mol. The molecule has 3 atom stereocenters. The Hall–Kier alpha value is -0.450. The number of thiazole rings is 1.